The Morgan fingerprint density at radius 2 is 2.40 bits per heavy atom. The van der Waals surface area contributed by atoms with Gasteiger partial charge in [0.1, 0.15) is 12.1 Å². The zero-order chi connectivity index (χ0) is 11.3. The molecule has 2 unspecified atom stereocenters. The molecule has 4 nitrogen and oxygen atoms in total. The van der Waals surface area contributed by atoms with Gasteiger partial charge in [0.25, 0.3) is 0 Å². The molecule has 0 aromatic carbocycles. The van der Waals surface area contributed by atoms with Crippen LogP contribution in [-0.4, -0.2) is 25.8 Å². The molecule has 0 spiro atoms. The van der Waals surface area contributed by atoms with Crippen LogP contribution in [0.4, 0.5) is 0 Å². The van der Waals surface area contributed by atoms with Gasteiger partial charge in [0.2, 0.25) is 0 Å². The van der Waals surface area contributed by atoms with E-state index in [1.165, 1.54) is 11.3 Å². The van der Waals surface area contributed by atoms with E-state index in [1.54, 1.807) is 14.0 Å². The number of rotatable bonds is 5. The zero-order valence-corrected chi connectivity index (χ0v) is 9.62. The number of ether oxygens (including phenoxy) is 2. The molecular formula is C10H15NO3S. The van der Waals surface area contributed by atoms with Crippen molar-refractivity contribution in [1.29, 1.82) is 0 Å². The highest BCUT2D eigenvalue weighted by atomic mass is 32.1. The molecule has 0 fully saturated rings. The molecule has 0 aliphatic heterocycles. The van der Waals surface area contributed by atoms with Crippen molar-refractivity contribution in [3.8, 4) is 0 Å². The van der Waals surface area contributed by atoms with Gasteiger partial charge in [-0.1, -0.05) is 6.07 Å². The fourth-order valence-corrected chi connectivity index (χ4v) is 1.84. The SMILES string of the molecule is COCC(C)OC(=O)C(N)c1cccs1. The number of methoxy groups -OCH3 is 1. The summed E-state index contributed by atoms with van der Waals surface area (Å²) >= 11 is 1.44. The third-order valence-corrected chi connectivity index (χ3v) is 2.78. The standard InChI is InChI=1S/C10H15NO3S/c1-7(6-13-2)14-10(12)9(11)8-4-3-5-15-8/h3-5,7,9H,6,11H2,1-2H3. The van der Waals surface area contributed by atoms with E-state index in [2.05, 4.69) is 0 Å². The first-order valence-electron chi connectivity index (χ1n) is 4.63. The second kappa shape index (κ2) is 5.85. The van der Waals surface area contributed by atoms with Crippen molar-refractivity contribution < 1.29 is 14.3 Å². The van der Waals surface area contributed by atoms with Gasteiger partial charge in [-0.15, -0.1) is 11.3 Å². The van der Waals surface area contributed by atoms with Gasteiger partial charge in [-0.2, -0.15) is 0 Å². The van der Waals surface area contributed by atoms with Gasteiger partial charge in [0.05, 0.1) is 6.61 Å². The van der Waals surface area contributed by atoms with Gasteiger partial charge in [-0.3, -0.25) is 0 Å². The van der Waals surface area contributed by atoms with E-state index >= 15 is 0 Å². The molecule has 0 saturated heterocycles. The van der Waals surface area contributed by atoms with Crippen molar-refractivity contribution in [3.05, 3.63) is 22.4 Å². The molecule has 0 aliphatic carbocycles. The number of nitrogens with two attached hydrogens (primary N) is 1. The molecule has 0 amide bonds. The van der Waals surface area contributed by atoms with Crippen LogP contribution in [0.2, 0.25) is 0 Å². The zero-order valence-electron chi connectivity index (χ0n) is 8.80. The molecule has 0 bridgehead atoms. The quantitative estimate of drug-likeness (QED) is 0.774. The Kier molecular flexibility index (Phi) is 4.74. The lowest BCUT2D eigenvalue weighted by molar-refractivity contribution is -0.152. The monoisotopic (exact) mass is 229 g/mol. The Bertz CT molecular complexity index is 300. The average Bonchev–Trinajstić information content (AvgIpc) is 2.69. The summed E-state index contributed by atoms with van der Waals surface area (Å²) in [5, 5.41) is 1.88. The number of hydrogen-bond donors (Lipinski definition) is 1. The maximum Gasteiger partial charge on any atom is 0.328 e. The highest BCUT2D eigenvalue weighted by molar-refractivity contribution is 7.10. The smallest absolute Gasteiger partial charge is 0.328 e. The van der Waals surface area contributed by atoms with E-state index in [1.807, 2.05) is 17.5 Å². The lowest BCUT2D eigenvalue weighted by Gasteiger charge is -2.15. The molecule has 84 valence electrons. The minimum Gasteiger partial charge on any atom is -0.459 e. The molecule has 1 rings (SSSR count). The largest absolute Gasteiger partial charge is 0.459 e. The van der Waals surface area contributed by atoms with Gasteiger partial charge < -0.3 is 15.2 Å². The van der Waals surface area contributed by atoms with Crippen molar-refractivity contribution in [2.45, 2.75) is 19.1 Å². The van der Waals surface area contributed by atoms with Gasteiger partial charge in [-0.25, -0.2) is 4.79 Å². The second-order valence-corrected chi connectivity index (χ2v) is 4.18. The highest BCUT2D eigenvalue weighted by Crippen LogP contribution is 2.18. The molecule has 15 heavy (non-hydrogen) atoms. The van der Waals surface area contributed by atoms with Gasteiger partial charge in [0, 0.05) is 12.0 Å². The summed E-state index contributed by atoms with van der Waals surface area (Å²) in [6, 6.07) is 2.98. The first-order valence-corrected chi connectivity index (χ1v) is 5.51. The predicted octanol–water partition coefficient (Wildman–Crippen LogP) is 1.33. The third kappa shape index (κ3) is 3.62. The molecule has 0 radical (unpaired) electrons. The summed E-state index contributed by atoms with van der Waals surface area (Å²) in [6.07, 6.45) is -0.270. The number of thiophene rings is 1. The van der Waals surface area contributed by atoms with Gasteiger partial charge in [0.15, 0.2) is 0 Å². The summed E-state index contributed by atoms with van der Waals surface area (Å²) in [6.45, 7) is 2.14. The maximum atomic E-state index is 11.5. The van der Waals surface area contributed by atoms with Crippen LogP contribution in [0.15, 0.2) is 17.5 Å². The molecule has 5 heteroatoms. The highest BCUT2D eigenvalue weighted by Gasteiger charge is 2.20. The van der Waals surface area contributed by atoms with Crippen LogP contribution in [0.25, 0.3) is 0 Å². The molecular weight excluding hydrogens is 214 g/mol. The first-order chi connectivity index (χ1) is 7.15. The Balaban J connectivity index is 2.47. The summed E-state index contributed by atoms with van der Waals surface area (Å²) in [4.78, 5) is 12.3. The fourth-order valence-electron chi connectivity index (χ4n) is 1.12. The minimum atomic E-state index is -0.690. The summed E-state index contributed by atoms with van der Waals surface area (Å²) < 4.78 is 9.95. The maximum absolute atomic E-state index is 11.5. The lowest BCUT2D eigenvalue weighted by atomic mass is 10.2. The van der Waals surface area contributed by atoms with Crippen LogP contribution in [0, 0.1) is 0 Å². The van der Waals surface area contributed by atoms with Crippen LogP contribution in [0.3, 0.4) is 0 Å². The van der Waals surface area contributed by atoms with E-state index in [0.29, 0.717) is 6.61 Å². The van der Waals surface area contributed by atoms with Crippen LogP contribution in [-0.2, 0) is 14.3 Å². The normalized spacial score (nSPS) is 14.6. The number of hydrogen-bond acceptors (Lipinski definition) is 5. The van der Waals surface area contributed by atoms with E-state index in [4.69, 9.17) is 15.2 Å². The summed E-state index contributed by atoms with van der Waals surface area (Å²) in [5.74, 6) is -0.415. The van der Waals surface area contributed by atoms with E-state index in [9.17, 15) is 4.79 Å². The molecule has 1 aromatic heterocycles. The minimum absolute atomic E-state index is 0.270. The molecule has 1 aromatic rings. The Hall–Kier alpha value is -0.910. The van der Waals surface area contributed by atoms with Crippen LogP contribution < -0.4 is 5.73 Å². The lowest BCUT2D eigenvalue weighted by Crippen LogP contribution is -2.28. The summed E-state index contributed by atoms with van der Waals surface area (Å²) in [7, 11) is 1.56. The second-order valence-electron chi connectivity index (χ2n) is 3.20. The first kappa shape index (κ1) is 12.2. The van der Waals surface area contributed by atoms with Crippen molar-refractivity contribution in [2.75, 3.05) is 13.7 Å². The molecule has 0 aliphatic rings. The van der Waals surface area contributed by atoms with E-state index < -0.39 is 12.0 Å². The topological polar surface area (TPSA) is 61.5 Å². The predicted molar refractivity (Wildman–Crippen MR) is 58.7 cm³/mol. The average molecular weight is 229 g/mol. The van der Waals surface area contributed by atoms with Crippen molar-refractivity contribution in [1.82, 2.24) is 0 Å². The van der Waals surface area contributed by atoms with Crippen molar-refractivity contribution in [3.63, 3.8) is 0 Å². The fraction of sp³-hybridized carbons (Fsp3) is 0.500. The Labute approximate surface area is 93.0 Å². The van der Waals surface area contributed by atoms with Crippen LogP contribution >= 0.6 is 11.3 Å². The number of esters is 1. The van der Waals surface area contributed by atoms with Crippen LogP contribution in [0.5, 0.6) is 0 Å². The van der Waals surface area contributed by atoms with Gasteiger partial charge in [-0.05, 0) is 18.4 Å². The Morgan fingerprint density at radius 3 is 2.93 bits per heavy atom. The van der Waals surface area contributed by atoms with Crippen molar-refractivity contribution >= 4 is 17.3 Å². The van der Waals surface area contributed by atoms with Crippen LogP contribution in [0.1, 0.15) is 17.8 Å². The summed E-state index contributed by atoms with van der Waals surface area (Å²) in [5.41, 5.74) is 5.72. The van der Waals surface area contributed by atoms with Crippen molar-refractivity contribution in [2.24, 2.45) is 5.73 Å². The Morgan fingerprint density at radius 1 is 1.67 bits per heavy atom. The number of carbonyl (C=O) groups excluding carboxylic acids is 1. The van der Waals surface area contributed by atoms with Gasteiger partial charge >= 0.3 is 5.97 Å². The van der Waals surface area contributed by atoms with E-state index in [0.717, 1.165) is 4.88 Å². The number of carbonyl (C=O) groups is 1. The van der Waals surface area contributed by atoms with E-state index in [-0.39, 0.29) is 6.10 Å². The molecule has 1 heterocycles. The molecule has 0 saturated carbocycles. The molecule has 2 N–H and O–H groups in total. The third-order valence-electron chi connectivity index (χ3n) is 1.82. The molecule has 2 atom stereocenters.